The maximum absolute atomic E-state index is 11.2. The van der Waals surface area contributed by atoms with Crippen LogP contribution in [0.1, 0.15) is 18.1 Å². The van der Waals surface area contributed by atoms with E-state index in [9.17, 15) is 4.79 Å². The van der Waals surface area contributed by atoms with Crippen LogP contribution >= 0.6 is 15.9 Å². The summed E-state index contributed by atoms with van der Waals surface area (Å²) in [5, 5.41) is 0. The van der Waals surface area contributed by atoms with Gasteiger partial charge in [-0.1, -0.05) is 6.07 Å². The fourth-order valence-electron chi connectivity index (χ4n) is 1.35. The highest BCUT2D eigenvalue weighted by atomic mass is 79.9. The van der Waals surface area contributed by atoms with Crippen molar-refractivity contribution < 1.29 is 9.53 Å². The van der Waals surface area contributed by atoms with Gasteiger partial charge in [-0.05, 0) is 47.0 Å². The van der Waals surface area contributed by atoms with E-state index in [1.165, 1.54) is 0 Å². The van der Waals surface area contributed by atoms with Crippen molar-refractivity contribution in [2.45, 2.75) is 20.3 Å². The molecule has 0 aromatic heterocycles. The third-order valence-corrected chi connectivity index (χ3v) is 3.08. The molecule has 0 spiro atoms. The van der Waals surface area contributed by atoms with E-state index >= 15 is 0 Å². The van der Waals surface area contributed by atoms with Gasteiger partial charge in [0.2, 0.25) is 0 Å². The van der Waals surface area contributed by atoms with Crippen LogP contribution in [-0.2, 0) is 16.0 Å². The molecule has 0 fully saturated rings. The summed E-state index contributed by atoms with van der Waals surface area (Å²) in [6, 6.07) is 3.71. The molecule has 82 valence electrons. The van der Waals surface area contributed by atoms with Gasteiger partial charge in [-0.3, -0.25) is 4.79 Å². The number of aryl methyl sites for hydroxylation is 1. The number of carbonyl (C=O) groups excluding carboxylic acids is 1. The van der Waals surface area contributed by atoms with Crippen LogP contribution < -0.4 is 5.73 Å². The third-order valence-electron chi connectivity index (χ3n) is 2.00. The Morgan fingerprint density at radius 2 is 2.20 bits per heavy atom. The molecule has 2 N–H and O–H groups in total. The molecule has 0 aliphatic rings. The number of rotatable bonds is 3. The van der Waals surface area contributed by atoms with Crippen molar-refractivity contribution in [3.8, 4) is 0 Å². The fourth-order valence-corrected chi connectivity index (χ4v) is 1.58. The van der Waals surface area contributed by atoms with Gasteiger partial charge in [-0.15, -0.1) is 0 Å². The van der Waals surface area contributed by atoms with E-state index in [0.29, 0.717) is 12.3 Å². The van der Waals surface area contributed by atoms with Crippen molar-refractivity contribution in [2.75, 3.05) is 12.3 Å². The molecule has 1 aromatic rings. The van der Waals surface area contributed by atoms with Gasteiger partial charge in [0.15, 0.2) is 0 Å². The monoisotopic (exact) mass is 271 g/mol. The molecule has 0 heterocycles. The molecule has 0 aliphatic heterocycles. The highest BCUT2D eigenvalue weighted by Gasteiger charge is 2.07. The zero-order chi connectivity index (χ0) is 11.4. The first-order chi connectivity index (χ1) is 7.04. The number of hydrogen-bond acceptors (Lipinski definition) is 3. The van der Waals surface area contributed by atoms with Crippen LogP contribution in [0, 0.1) is 6.92 Å². The molecule has 15 heavy (non-hydrogen) atoms. The summed E-state index contributed by atoms with van der Waals surface area (Å²) in [7, 11) is 0. The van der Waals surface area contributed by atoms with E-state index in [1.54, 1.807) is 13.0 Å². The minimum atomic E-state index is -0.223. The summed E-state index contributed by atoms with van der Waals surface area (Å²) >= 11 is 3.37. The summed E-state index contributed by atoms with van der Waals surface area (Å²) in [5.41, 5.74) is 8.32. The zero-order valence-corrected chi connectivity index (χ0v) is 10.4. The summed E-state index contributed by atoms with van der Waals surface area (Å²) < 4.78 is 5.75. The molecule has 0 saturated carbocycles. The molecule has 0 radical (unpaired) electrons. The van der Waals surface area contributed by atoms with Crippen molar-refractivity contribution in [3.63, 3.8) is 0 Å². The third kappa shape index (κ3) is 3.23. The smallest absolute Gasteiger partial charge is 0.310 e. The molecule has 0 aliphatic carbocycles. The molecular formula is C11H14BrNO2. The number of ether oxygens (including phenoxy) is 1. The number of esters is 1. The van der Waals surface area contributed by atoms with Gasteiger partial charge in [0, 0.05) is 10.2 Å². The number of anilines is 1. The summed E-state index contributed by atoms with van der Waals surface area (Å²) in [4.78, 5) is 11.2. The lowest BCUT2D eigenvalue weighted by atomic mass is 10.1. The topological polar surface area (TPSA) is 52.3 Å². The molecule has 0 atom stereocenters. The minimum absolute atomic E-state index is 0.223. The Kier molecular flexibility index (Phi) is 4.15. The van der Waals surface area contributed by atoms with Crippen LogP contribution in [0.15, 0.2) is 16.6 Å². The number of halogens is 1. The normalized spacial score (nSPS) is 10.1. The Morgan fingerprint density at radius 3 is 2.73 bits per heavy atom. The quantitative estimate of drug-likeness (QED) is 0.679. The van der Waals surface area contributed by atoms with E-state index in [-0.39, 0.29) is 12.4 Å². The average molecular weight is 272 g/mol. The number of nitrogen functional groups attached to an aromatic ring is 1. The Morgan fingerprint density at radius 1 is 1.53 bits per heavy atom. The lowest BCUT2D eigenvalue weighted by Crippen LogP contribution is -2.08. The first-order valence-corrected chi connectivity index (χ1v) is 5.54. The van der Waals surface area contributed by atoms with Crippen molar-refractivity contribution in [2.24, 2.45) is 0 Å². The van der Waals surface area contributed by atoms with Gasteiger partial charge < -0.3 is 10.5 Å². The fraction of sp³-hybridized carbons (Fsp3) is 0.364. The van der Waals surface area contributed by atoms with Crippen molar-refractivity contribution in [1.82, 2.24) is 0 Å². The molecule has 1 rings (SSSR count). The minimum Gasteiger partial charge on any atom is -0.466 e. The van der Waals surface area contributed by atoms with Crippen LogP contribution in [0.5, 0.6) is 0 Å². The molecule has 1 aromatic carbocycles. The largest absolute Gasteiger partial charge is 0.466 e. The molecule has 0 amide bonds. The average Bonchev–Trinajstić information content (AvgIpc) is 2.14. The van der Waals surface area contributed by atoms with Gasteiger partial charge >= 0.3 is 5.97 Å². The second-order valence-electron chi connectivity index (χ2n) is 3.30. The lowest BCUT2D eigenvalue weighted by molar-refractivity contribution is -0.142. The Balaban J connectivity index is 2.83. The number of hydrogen-bond donors (Lipinski definition) is 1. The molecule has 0 bridgehead atoms. The Labute approximate surface area is 97.7 Å². The predicted molar refractivity (Wildman–Crippen MR) is 63.6 cm³/mol. The molecular weight excluding hydrogens is 258 g/mol. The van der Waals surface area contributed by atoms with Crippen LogP contribution in [-0.4, -0.2) is 12.6 Å². The van der Waals surface area contributed by atoms with Crippen molar-refractivity contribution in [1.29, 1.82) is 0 Å². The molecule has 4 heteroatoms. The van der Waals surface area contributed by atoms with Crippen molar-refractivity contribution >= 4 is 27.6 Å². The summed E-state index contributed by atoms with van der Waals surface area (Å²) in [5.74, 6) is -0.223. The van der Waals surface area contributed by atoms with Crippen LogP contribution in [0.3, 0.4) is 0 Å². The van der Waals surface area contributed by atoms with Crippen LogP contribution in [0.2, 0.25) is 0 Å². The molecule has 0 unspecified atom stereocenters. The first-order valence-electron chi connectivity index (χ1n) is 4.74. The SMILES string of the molecule is CCOC(=O)Cc1cc(C)c(Br)c(N)c1. The lowest BCUT2D eigenvalue weighted by Gasteiger charge is -2.07. The van der Waals surface area contributed by atoms with Gasteiger partial charge in [0.1, 0.15) is 0 Å². The summed E-state index contributed by atoms with van der Waals surface area (Å²) in [6.45, 7) is 4.14. The number of carbonyl (C=O) groups is 1. The predicted octanol–water partition coefficient (Wildman–Crippen LogP) is 2.45. The summed E-state index contributed by atoms with van der Waals surface area (Å²) in [6.07, 6.45) is 0.270. The zero-order valence-electron chi connectivity index (χ0n) is 8.84. The number of nitrogens with two attached hydrogens (primary N) is 1. The number of benzene rings is 1. The molecule has 3 nitrogen and oxygen atoms in total. The van der Waals surface area contributed by atoms with E-state index in [2.05, 4.69) is 15.9 Å². The van der Waals surface area contributed by atoms with Crippen LogP contribution in [0.4, 0.5) is 5.69 Å². The second kappa shape index (κ2) is 5.16. The van der Waals surface area contributed by atoms with E-state index < -0.39 is 0 Å². The van der Waals surface area contributed by atoms with E-state index in [4.69, 9.17) is 10.5 Å². The van der Waals surface area contributed by atoms with Gasteiger partial charge in [-0.25, -0.2) is 0 Å². The standard InChI is InChI=1S/C11H14BrNO2/c1-3-15-10(14)6-8-4-7(2)11(12)9(13)5-8/h4-5H,3,6,13H2,1-2H3. The highest BCUT2D eigenvalue weighted by molar-refractivity contribution is 9.10. The molecule has 0 saturated heterocycles. The highest BCUT2D eigenvalue weighted by Crippen LogP contribution is 2.25. The van der Waals surface area contributed by atoms with Crippen molar-refractivity contribution in [3.05, 3.63) is 27.7 Å². The maximum Gasteiger partial charge on any atom is 0.310 e. The Hall–Kier alpha value is -1.03. The Bertz CT molecular complexity index is 354. The first kappa shape index (κ1) is 12.0. The second-order valence-corrected chi connectivity index (χ2v) is 4.09. The van der Waals surface area contributed by atoms with Gasteiger partial charge in [0.25, 0.3) is 0 Å². The maximum atomic E-state index is 11.2. The van der Waals surface area contributed by atoms with Gasteiger partial charge in [-0.2, -0.15) is 0 Å². The van der Waals surface area contributed by atoms with Gasteiger partial charge in [0.05, 0.1) is 13.0 Å². The van der Waals surface area contributed by atoms with Crippen LogP contribution in [0.25, 0.3) is 0 Å². The van der Waals surface area contributed by atoms with E-state index in [1.807, 2.05) is 13.0 Å². The van der Waals surface area contributed by atoms with E-state index in [0.717, 1.165) is 15.6 Å².